The van der Waals surface area contributed by atoms with Gasteiger partial charge in [0, 0.05) is 5.02 Å². The maximum Gasteiger partial charge on any atom is 0.293 e. The first-order valence-corrected chi connectivity index (χ1v) is 14.0. The molecule has 0 bridgehead atoms. The predicted molar refractivity (Wildman–Crippen MR) is 157 cm³/mol. The van der Waals surface area contributed by atoms with Crippen LogP contribution in [0, 0.1) is 0 Å². The molecule has 4 aromatic rings. The van der Waals surface area contributed by atoms with Gasteiger partial charge in [-0.25, -0.2) is 0 Å². The Morgan fingerprint density at radius 1 is 0.974 bits per heavy atom. The lowest BCUT2D eigenvalue weighted by Gasteiger charge is -2.16. The number of halogens is 2. The highest BCUT2D eigenvalue weighted by molar-refractivity contribution is 9.10. The molecule has 38 heavy (non-hydrogen) atoms. The van der Waals surface area contributed by atoms with Crippen LogP contribution in [0.5, 0.6) is 11.5 Å². The third kappa shape index (κ3) is 5.75. The second-order valence-electron chi connectivity index (χ2n) is 8.59. The van der Waals surface area contributed by atoms with E-state index in [2.05, 4.69) is 34.1 Å². The molecule has 1 heterocycles. The van der Waals surface area contributed by atoms with Crippen LogP contribution >= 0.6 is 39.3 Å². The van der Waals surface area contributed by atoms with E-state index in [0.29, 0.717) is 44.7 Å². The van der Waals surface area contributed by atoms with Crippen LogP contribution in [0.4, 0.5) is 4.79 Å². The average Bonchev–Trinajstić information content (AvgIpc) is 3.15. The molecule has 0 aromatic heterocycles. The van der Waals surface area contributed by atoms with E-state index in [1.54, 1.807) is 24.3 Å². The van der Waals surface area contributed by atoms with Crippen LogP contribution in [0.1, 0.15) is 23.6 Å². The molecule has 0 aliphatic carbocycles. The van der Waals surface area contributed by atoms with Crippen molar-refractivity contribution in [2.24, 2.45) is 0 Å². The molecule has 5 rings (SSSR count). The Morgan fingerprint density at radius 2 is 1.76 bits per heavy atom. The summed E-state index contributed by atoms with van der Waals surface area (Å²) in [5.41, 5.74) is 2.57. The van der Waals surface area contributed by atoms with Crippen molar-refractivity contribution < 1.29 is 19.1 Å². The molecule has 0 saturated carbocycles. The highest BCUT2D eigenvalue weighted by Crippen LogP contribution is 2.40. The second kappa shape index (κ2) is 11.6. The first-order chi connectivity index (χ1) is 18.4. The molecule has 0 N–H and O–H groups in total. The molecule has 1 aliphatic heterocycles. The number of benzene rings is 4. The van der Waals surface area contributed by atoms with Crippen molar-refractivity contribution in [2.75, 3.05) is 6.61 Å². The summed E-state index contributed by atoms with van der Waals surface area (Å²) in [6, 6.07) is 25.1. The molecular formula is C30H23BrClNO4S. The molecule has 8 heteroatoms. The molecule has 4 aromatic carbocycles. The first-order valence-electron chi connectivity index (χ1n) is 12.0. The third-order valence-electron chi connectivity index (χ3n) is 5.98. The van der Waals surface area contributed by atoms with E-state index in [9.17, 15) is 9.59 Å². The minimum absolute atomic E-state index is 0.164. The lowest BCUT2D eigenvalue weighted by Crippen LogP contribution is -2.27. The molecule has 1 fully saturated rings. The Balaban J connectivity index is 1.38. The van der Waals surface area contributed by atoms with Crippen LogP contribution in [0.15, 0.2) is 88.2 Å². The normalized spacial score (nSPS) is 14.5. The summed E-state index contributed by atoms with van der Waals surface area (Å²) in [6.45, 7) is 2.87. The summed E-state index contributed by atoms with van der Waals surface area (Å²) in [4.78, 5) is 27.2. The maximum atomic E-state index is 13.1. The van der Waals surface area contributed by atoms with Crippen LogP contribution in [-0.2, 0) is 17.9 Å². The van der Waals surface area contributed by atoms with E-state index in [1.807, 2.05) is 49.4 Å². The summed E-state index contributed by atoms with van der Waals surface area (Å²) in [5, 5.41) is 2.52. The van der Waals surface area contributed by atoms with E-state index >= 15 is 0 Å². The van der Waals surface area contributed by atoms with Gasteiger partial charge in [0.1, 0.15) is 6.61 Å². The molecule has 2 amide bonds. The highest BCUT2D eigenvalue weighted by Gasteiger charge is 2.35. The molecule has 0 radical (unpaired) electrons. The summed E-state index contributed by atoms with van der Waals surface area (Å²) in [7, 11) is 0. The highest BCUT2D eigenvalue weighted by atomic mass is 79.9. The summed E-state index contributed by atoms with van der Waals surface area (Å²) < 4.78 is 12.8. The monoisotopic (exact) mass is 607 g/mol. The number of ether oxygens (including phenoxy) is 2. The Labute approximate surface area is 238 Å². The van der Waals surface area contributed by atoms with Crippen LogP contribution in [0.2, 0.25) is 5.02 Å². The Kier molecular flexibility index (Phi) is 8.07. The molecule has 0 atom stereocenters. The summed E-state index contributed by atoms with van der Waals surface area (Å²) in [6.07, 6.45) is 1.70. The first kappa shape index (κ1) is 26.4. The van der Waals surface area contributed by atoms with E-state index < -0.39 is 0 Å². The number of amides is 2. The number of imide groups is 1. The Bertz CT molecular complexity index is 1570. The fourth-order valence-electron chi connectivity index (χ4n) is 4.25. The van der Waals surface area contributed by atoms with E-state index in [1.165, 1.54) is 4.90 Å². The van der Waals surface area contributed by atoms with Crippen molar-refractivity contribution in [1.82, 2.24) is 4.90 Å². The topological polar surface area (TPSA) is 55.8 Å². The molecule has 0 spiro atoms. The number of rotatable bonds is 8. The Hall–Kier alpha value is -3.26. The number of fused-ring (bicyclic) bond motifs is 1. The van der Waals surface area contributed by atoms with Crippen molar-refractivity contribution in [3.8, 4) is 11.5 Å². The van der Waals surface area contributed by atoms with Gasteiger partial charge in [-0.15, -0.1) is 0 Å². The fraction of sp³-hybridized carbons (Fsp3) is 0.133. The van der Waals surface area contributed by atoms with Crippen molar-refractivity contribution in [3.05, 3.63) is 110 Å². The van der Waals surface area contributed by atoms with Gasteiger partial charge in [-0.3, -0.25) is 14.5 Å². The van der Waals surface area contributed by atoms with Crippen molar-refractivity contribution >= 4 is 67.3 Å². The van der Waals surface area contributed by atoms with Gasteiger partial charge >= 0.3 is 0 Å². The summed E-state index contributed by atoms with van der Waals surface area (Å²) in [5.74, 6) is 0.780. The van der Waals surface area contributed by atoms with Crippen LogP contribution < -0.4 is 9.47 Å². The minimum Gasteiger partial charge on any atom is -0.490 e. The lowest BCUT2D eigenvalue weighted by atomic mass is 10.1. The number of thioether (sulfide) groups is 1. The predicted octanol–water partition coefficient (Wildman–Crippen LogP) is 8.47. The number of hydrogen-bond acceptors (Lipinski definition) is 5. The molecule has 192 valence electrons. The van der Waals surface area contributed by atoms with Crippen LogP contribution in [0.25, 0.3) is 16.8 Å². The van der Waals surface area contributed by atoms with Gasteiger partial charge in [0.05, 0.1) is 22.5 Å². The minimum atomic E-state index is -0.342. The van der Waals surface area contributed by atoms with Gasteiger partial charge < -0.3 is 9.47 Å². The van der Waals surface area contributed by atoms with Gasteiger partial charge in [-0.05, 0) is 92.4 Å². The van der Waals surface area contributed by atoms with Gasteiger partial charge in [0.25, 0.3) is 11.1 Å². The van der Waals surface area contributed by atoms with Crippen molar-refractivity contribution in [2.45, 2.75) is 20.1 Å². The fourth-order valence-corrected chi connectivity index (χ4v) is 5.87. The Morgan fingerprint density at radius 3 is 2.58 bits per heavy atom. The zero-order chi connectivity index (χ0) is 26.6. The molecule has 1 saturated heterocycles. The zero-order valence-electron chi connectivity index (χ0n) is 20.4. The lowest BCUT2D eigenvalue weighted by molar-refractivity contribution is -0.123. The quantitative estimate of drug-likeness (QED) is 0.188. The molecular weight excluding hydrogens is 586 g/mol. The number of carbonyl (C=O) groups excluding carboxylic acids is 2. The number of carbonyl (C=O) groups is 2. The van der Waals surface area contributed by atoms with E-state index in [4.69, 9.17) is 21.1 Å². The van der Waals surface area contributed by atoms with Gasteiger partial charge in [-0.1, -0.05) is 66.2 Å². The van der Waals surface area contributed by atoms with Gasteiger partial charge in [0.2, 0.25) is 0 Å². The zero-order valence-corrected chi connectivity index (χ0v) is 23.6. The molecule has 5 nitrogen and oxygen atoms in total. The average molecular weight is 609 g/mol. The van der Waals surface area contributed by atoms with Gasteiger partial charge in [-0.2, -0.15) is 0 Å². The molecule has 1 aliphatic rings. The van der Waals surface area contributed by atoms with Crippen LogP contribution in [-0.4, -0.2) is 22.7 Å². The summed E-state index contributed by atoms with van der Waals surface area (Å²) >= 11 is 10.6. The van der Waals surface area contributed by atoms with E-state index in [-0.39, 0.29) is 17.7 Å². The third-order valence-corrected chi connectivity index (χ3v) is 7.72. The smallest absolute Gasteiger partial charge is 0.293 e. The largest absolute Gasteiger partial charge is 0.490 e. The van der Waals surface area contributed by atoms with Gasteiger partial charge in [0.15, 0.2) is 11.5 Å². The van der Waals surface area contributed by atoms with Crippen molar-refractivity contribution in [3.63, 3.8) is 0 Å². The van der Waals surface area contributed by atoms with Crippen LogP contribution in [0.3, 0.4) is 0 Å². The number of nitrogens with zero attached hydrogens (tertiary/aromatic N) is 1. The van der Waals surface area contributed by atoms with E-state index in [0.717, 1.165) is 33.7 Å². The standard InChI is InChI=1S/C30H23BrClNO4S/c1-2-36-26-15-20(16-27-29(34)33(30(35)38-27)17-19-7-5-11-23(32)13-19)14-25(31)28(26)37-18-22-10-6-9-21-8-3-4-12-24(21)22/h3-16H,2,17-18H2,1H3/b27-16-. The number of hydrogen-bond donors (Lipinski definition) is 0. The van der Waals surface area contributed by atoms with Crippen molar-refractivity contribution in [1.29, 1.82) is 0 Å². The molecule has 0 unspecified atom stereocenters. The SMILES string of the molecule is CCOc1cc(/C=C2\SC(=O)N(Cc3cccc(Cl)c3)C2=O)cc(Br)c1OCc1cccc2ccccc12. The maximum absolute atomic E-state index is 13.1. The second-order valence-corrected chi connectivity index (χ2v) is 10.9.